The highest BCUT2D eigenvalue weighted by atomic mass is 14.9. The number of benzene rings is 1. The molecular formula is C18H19N. The number of nitrogens with one attached hydrogen (secondary N) is 1. The summed E-state index contributed by atoms with van der Waals surface area (Å²) in [5, 5.41) is 6.43. The molecule has 0 bridgehead atoms. The summed E-state index contributed by atoms with van der Waals surface area (Å²) < 4.78 is 0. The van der Waals surface area contributed by atoms with Gasteiger partial charge in [0.05, 0.1) is 0 Å². The van der Waals surface area contributed by atoms with Crippen molar-refractivity contribution < 1.29 is 0 Å². The number of aryl methyl sites for hydroxylation is 1. The highest BCUT2D eigenvalue weighted by molar-refractivity contribution is 5.62. The minimum Gasteiger partial charge on any atom is -0.384 e. The van der Waals surface area contributed by atoms with Crippen LogP contribution in [0.25, 0.3) is 11.8 Å². The maximum Gasteiger partial charge on any atom is 0.0483 e. The largest absolute Gasteiger partial charge is 0.384 e. The van der Waals surface area contributed by atoms with Crippen LogP contribution in [-0.4, -0.2) is 6.04 Å². The van der Waals surface area contributed by atoms with Gasteiger partial charge in [0.15, 0.2) is 0 Å². The van der Waals surface area contributed by atoms with E-state index in [2.05, 4.69) is 60.9 Å². The molecule has 0 amide bonds. The van der Waals surface area contributed by atoms with Crippen molar-refractivity contribution in [3.05, 3.63) is 58.5 Å². The molecule has 1 heterocycles. The molecule has 0 aromatic heterocycles. The molecular weight excluding hydrogens is 230 g/mol. The minimum atomic E-state index is 0.534. The van der Waals surface area contributed by atoms with Gasteiger partial charge in [-0.15, -0.1) is 0 Å². The fourth-order valence-corrected chi connectivity index (χ4v) is 3.79. The van der Waals surface area contributed by atoms with Gasteiger partial charge >= 0.3 is 0 Å². The van der Waals surface area contributed by atoms with Crippen LogP contribution in [0, 0.1) is 18.8 Å². The fraction of sp³-hybridized carbons (Fsp3) is 0.333. The smallest absolute Gasteiger partial charge is 0.0483 e. The Morgan fingerprint density at radius 2 is 2.00 bits per heavy atom. The van der Waals surface area contributed by atoms with Crippen molar-refractivity contribution in [3.63, 3.8) is 0 Å². The van der Waals surface area contributed by atoms with Crippen LogP contribution in [0.2, 0.25) is 0 Å². The molecule has 1 saturated carbocycles. The first-order chi connectivity index (χ1) is 9.33. The molecule has 0 radical (unpaired) electrons. The molecule has 1 aromatic carbocycles. The summed E-state index contributed by atoms with van der Waals surface area (Å²) in [4.78, 5) is 0. The Bertz CT molecular complexity index is 693. The van der Waals surface area contributed by atoms with Gasteiger partial charge in [0.2, 0.25) is 0 Å². The Kier molecular flexibility index (Phi) is 2.41. The molecule has 4 rings (SSSR count). The minimum absolute atomic E-state index is 0.534. The summed E-state index contributed by atoms with van der Waals surface area (Å²) >= 11 is 0. The van der Waals surface area contributed by atoms with E-state index in [4.69, 9.17) is 0 Å². The van der Waals surface area contributed by atoms with Crippen LogP contribution >= 0.6 is 0 Å². The maximum atomic E-state index is 3.61. The van der Waals surface area contributed by atoms with Gasteiger partial charge in [-0.1, -0.05) is 48.1 Å². The third kappa shape index (κ3) is 1.68. The van der Waals surface area contributed by atoms with Crippen molar-refractivity contribution in [2.45, 2.75) is 25.8 Å². The van der Waals surface area contributed by atoms with Crippen molar-refractivity contribution in [3.8, 4) is 0 Å². The SMILES string of the molecule is Cc1ccc2c(c1)=C1C(CCC3C=CC=CC13)NC=2. The van der Waals surface area contributed by atoms with E-state index in [0.717, 1.165) is 0 Å². The van der Waals surface area contributed by atoms with E-state index in [1.165, 1.54) is 28.8 Å². The van der Waals surface area contributed by atoms with Crippen molar-refractivity contribution in [2.75, 3.05) is 0 Å². The van der Waals surface area contributed by atoms with Crippen LogP contribution in [0.5, 0.6) is 0 Å². The average Bonchev–Trinajstić information content (AvgIpc) is 2.46. The van der Waals surface area contributed by atoms with Crippen molar-refractivity contribution in [1.29, 1.82) is 0 Å². The summed E-state index contributed by atoms with van der Waals surface area (Å²) in [6.45, 7) is 2.19. The molecule has 1 aromatic rings. The molecule has 1 nitrogen and oxygen atoms in total. The van der Waals surface area contributed by atoms with Crippen LogP contribution in [0.4, 0.5) is 0 Å². The molecule has 2 aliphatic carbocycles. The highest BCUT2D eigenvalue weighted by Crippen LogP contribution is 2.38. The second-order valence-electron chi connectivity index (χ2n) is 5.95. The molecule has 1 N–H and O–H groups in total. The first-order valence-corrected chi connectivity index (χ1v) is 7.25. The van der Waals surface area contributed by atoms with E-state index in [1.54, 1.807) is 5.57 Å². The topological polar surface area (TPSA) is 12.0 Å². The Morgan fingerprint density at radius 3 is 2.95 bits per heavy atom. The number of hydrogen-bond donors (Lipinski definition) is 1. The Balaban J connectivity index is 2.00. The molecule has 0 spiro atoms. The number of allylic oxidation sites excluding steroid dienone is 4. The zero-order valence-corrected chi connectivity index (χ0v) is 11.3. The van der Waals surface area contributed by atoms with Gasteiger partial charge in [0.25, 0.3) is 0 Å². The van der Waals surface area contributed by atoms with Gasteiger partial charge in [-0.3, -0.25) is 0 Å². The van der Waals surface area contributed by atoms with Gasteiger partial charge in [-0.25, -0.2) is 0 Å². The predicted octanol–water partition coefficient (Wildman–Crippen LogP) is 2.01. The predicted molar refractivity (Wildman–Crippen MR) is 79.7 cm³/mol. The van der Waals surface area contributed by atoms with Gasteiger partial charge in [-0.05, 0) is 41.7 Å². The average molecular weight is 249 g/mol. The quantitative estimate of drug-likeness (QED) is 0.741. The van der Waals surface area contributed by atoms with Crippen molar-refractivity contribution >= 4 is 11.8 Å². The summed E-state index contributed by atoms with van der Waals surface area (Å²) in [7, 11) is 0. The summed E-state index contributed by atoms with van der Waals surface area (Å²) in [5.41, 5.74) is 2.97. The van der Waals surface area contributed by atoms with Crippen LogP contribution in [0.1, 0.15) is 18.4 Å². The fourth-order valence-electron chi connectivity index (χ4n) is 3.79. The Labute approximate surface area is 114 Å². The van der Waals surface area contributed by atoms with Gasteiger partial charge < -0.3 is 5.32 Å². The Hall–Kier alpha value is -1.76. The number of rotatable bonds is 0. The normalized spacial score (nSPS) is 30.8. The van der Waals surface area contributed by atoms with Gasteiger partial charge in [-0.2, -0.15) is 0 Å². The van der Waals surface area contributed by atoms with Crippen molar-refractivity contribution in [2.24, 2.45) is 11.8 Å². The molecule has 3 aliphatic rings. The van der Waals surface area contributed by atoms with E-state index in [0.29, 0.717) is 17.9 Å². The maximum absolute atomic E-state index is 3.61. The van der Waals surface area contributed by atoms with Crippen LogP contribution in [0.3, 0.4) is 0 Å². The first kappa shape index (κ1) is 11.1. The summed E-state index contributed by atoms with van der Waals surface area (Å²) in [6, 6.07) is 7.34. The van der Waals surface area contributed by atoms with E-state index >= 15 is 0 Å². The third-order valence-corrected chi connectivity index (χ3v) is 4.73. The lowest BCUT2D eigenvalue weighted by Gasteiger charge is -2.39. The zero-order valence-electron chi connectivity index (χ0n) is 11.3. The molecule has 1 aliphatic heterocycles. The Morgan fingerprint density at radius 1 is 1.11 bits per heavy atom. The summed E-state index contributed by atoms with van der Waals surface area (Å²) in [5.74, 6) is 1.29. The van der Waals surface area contributed by atoms with E-state index < -0.39 is 0 Å². The van der Waals surface area contributed by atoms with E-state index in [-0.39, 0.29) is 0 Å². The van der Waals surface area contributed by atoms with E-state index in [1.807, 2.05) is 0 Å². The number of fused-ring (bicyclic) bond motifs is 4. The van der Waals surface area contributed by atoms with Crippen LogP contribution in [0.15, 0.2) is 42.5 Å². The zero-order chi connectivity index (χ0) is 12.8. The first-order valence-electron chi connectivity index (χ1n) is 7.25. The lowest BCUT2D eigenvalue weighted by atomic mass is 9.70. The van der Waals surface area contributed by atoms with Crippen LogP contribution < -0.4 is 15.8 Å². The second kappa shape index (κ2) is 4.12. The molecule has 19 heavy (non-hydrogen) atoms. The molecule has 3 atom stereocenters. The monoisotopic (exact) mass is 249 g/mol. The molecule has 1 fully saturated rings. The molecule has 3 unspecified atom stereocenters. The van der Waals surface area contributed by atoms with E-state index in [9.17, 15) is 0 Å². The lowest BCUT2D eigenvalue weighted by Crippen LogP contribution is -2.48. The summed E-state index contributed by atoms with van der Waals surface area (Å²) in [6.07, 6.45) is 13.9. The molecule has 0 saturated heterocycles. The molecule has 96 valence electrons. The third-order valence-electron chi connectivity index (χ3n) is 4.73. The standard InChI is InChI=1S/C18H19N/c1-12-6-7-14-11-19-17-9-8-13-4-2-3-5-15(13)18(17)16(14)10-12/h2-7,10-11,13,15,17,19H,8-9H2,1H3. The van der Waals surface area contributed by atoms with Gasteiger partial charge in [0, 0.05) is 18.2 Å². The second-order valence-corrected chi connectivity index (χ2v) is 5.95. The van der Waals surface area contributed by atoms with Gasteiger partial charge in [0.1, 0.15) is 0 Å². The van der Waals surface area contributed by atoms with Crippen molar-refractivity contribution in [1.82, 2.24) is 5.32 Å². The lowest BCUT2D eigenvalue weighted by molar-refractivity contribution is 0.409. The highest BCUT2D eigenvalue weighted by Gasteiger charge is 2.33. The molecule has 1 heteroatoms. The number of hydrogen-bond acceptors (Lipinski definition) is 1. The van der Waals surface area contributed by atoms with Crippen LogP contribution in [-0.2, 0) is 0 Å².